The van der Waals surface area contributed by atoms with E-state index < -0.39 is 0 Å². The van der Waals surface area contributed by atoms with Gasteiger partial charge in [-0.05, 0) is 25.0 Å². The van der Waals surface area contributed by atoms with Gasteiger partial charge < -0.3 is 19.2 Å². The number of hydrogen-bond acceptors (Lipinski definition) is 6. The largest absolute Gasteiger partial charge is 0.363 e. The van der Waals surface area contributed by atoms with Gasteiger partial charge in [0.25, 0.3) is 0 Å². The smallest absolute Gasteiger partial charge is 0.319 e. The minimum atomic E-state index is 0.0525. The van der Waals surface area contributed by atoms with Crippen LogP contribution < -0.4 is 4.90 Å². The molecule has 2 amide bonds. The molecule has 0 N–H and O–H groups in total. The molecule has 25 heavy (non-hydrogen) atoms. The second-order valence-electron chi connectivity index (χ2n) is 6.69. The van der Waals surface area contributed by atoms with Crippen molar-refractivity contribution in [2.24, 2.45) is 0 Å². The Morgan fingerprint density at radius 2 is 1.92 bits per heavy atom. The van der Waals surface area contributed by atoms with E-state index in [1.54, 1.807) is 25.2 Å². The highest BCUT2D eigenvalue weighted by atomic mass is 16.5. The van der Waals surface area contributed by atoms with Gasteiger partial charge in [-0.25, -0.2) is 9.78 Å². The van der Waals surface area contributed by atoms with Crippen LogP contribution >= 0.6 is 0 Å². The second kappa shape index (κ2) is 7.08. The number of pyridine rings is 1. The van der Waals surface area contributed by atoms with Crippen LogP contribution in [0.25, 0.3) is 11.4 Å². The van der Waals surface area contributed by atoms with Gasteiger partial charge in [0.2, 0.25) is 11.7 Å². The van der Waals surface area contributed by atoms with Gasteiger partial charge in [0.05, 0.1) is 0 Å². The molecule has 8 heteroatoms. The number of hydrogen-bond donors (Lipinski definition) is 0. The molecule has 1 aliphatic rings. The zero-order valence-electron chi connectivity index (χ0n) is 15.1. The maximum atomic E-state index is 12.0. The minimum absolute atomic E-state index is 0.0525. The predicted octanol–water partition coefficient (Wildman–Crippen LogP) is 2.06. The Labute approximate surface area is 147 Å². The summed E-state index contributed by atoms with van der Waals surface area (Å²) in [5, 5.41) is 4.09. The van der Waals surface area contributed by atoms with Crippen molar-refractivity contribution in [2.45, 2.75) is 18.8 Å². The van der Waals surface area contributed by atoms with Crippen molar-refractivity contribution < 1.29 is 9.32 Å². The van der Waals surface area contributed by atoms with Gasteiger partial charge in [-0.3, -0.25) is 0 Å². The summed E-state index contributed by atoms with van der Waals surface area (Å²) in [5.41, 5.74) is 0.834. The highest BCUT2D eigenvalue weighted by Crippen LogP contribution is 2.28. The normalized spacial score (nSPS) is 15.3. The molecule has 134 valence electrons. The van der Waals surface area contributed by atoms with Crippen molar-refractivity contribution in [3.8, 4) is 11.4 Å². The molecule has 0 spiro atoms. The Hall–Kier alpha value is -2.64. The zero-order chi connectivity index (χ0) is 18.0. The van der Waals surface area contributed by atoms with Crippen LogP contribution in [-0.2, 0) is 0 Å². The predicted molar refractivity (Wildman–Crippen MR) is 94.5 cm³/mol. The van der Waals surface area contributed by atoms with Gasteiger partial charge in [-0.2, -0.15) is 4.98 Å². The van der Waals surface area contributed by atoms with Crippen LogP contribution in [0.3, 0.4) is 0 Å². The van der Waals surface area contributed by atoms with Crippen LogP contribution in [0.15, 0.2) is 22.9 Å². The van der Waals surface area contributed by atoms with Gasteiger partial charge in [-0.15, -0.1) is 0 Å². The lowest BCUT2D eigenvalue weighted by Gasteiger charge is -2.32. The number of anilines is 1. The molecule has 3 rings (SSSR count). The average Bonchev–Trinajstić information content (AvgIpc) is 3.11. The summed E-state index contributed by atoms with van der Waals surface area (Å²) in [5.74, 6) is 2.27. The van der Waals surface area contributed by atoms with Crippen molar-refractivity contribution in [3.05, 3.63) is 24.2 Å². The topological polar surface area (TPSA) is 78.6 Å². The first-order valence-electron chi connectivity index (χ1n) is 8.39. The zero-order valence-corrected chi connectivity index (χ0v) is 15.1. The highest BCUT2D eigenvalue weighted by Gasteiger charge is 2.28. The van der Waals surface area contributed by atoms with E-state index in [2.05, 4.69) is 15.1 Å². The molecule has 0 radical (unpaired) electrons. The van der Waals surface area contributed by atoms with Crippen LogP contribution in [0, 0.1) is 0 Å². The molecule has 1 fully saturated rings. The summed E-state index contributed by atoms with van der Waals surface area (Å²) in [6.45, 7) is 1.41. The van der Waals surface area contributed by atoms with E-state index in [1.165, 1.54) is 0 Å². The van der Waals surface area contributed by atoms with E-state index in [0.29, 0.717) is 24.8 Å². The minimum Gasteiger partial charge on any atom is -0.363 e. The number of carbonyl (C=O) groups is 1. The number of nitrogens with zero attached hydrogens (tertiary/aromatic N) is 6. The molecule has 2 aromatic rings. The molecule has 0 aliphatic carbocycles. The Morgan fingerprint density at radius 1 is 1.20 bits per heavy atom. The molecule has 0 aromatic carbocycles. The fourth-order valence-electron chi connectivity index (χ4n) is 2.90. The van der Waals surface area contributed by atoms with E-state index in [9.17, 15) is 4.79 Å². The Balaban J connectivity index is 1.65. The molecule has 1 aliphatic heterocycles. The van der Waals surface area contributed by atoms with Gasteiger partial charge >= 0.3 is 6.03 Å². The first kappa shape index (κ1) is 17.2. The number of piperidine rings is 1. The number of urea groups is 1. The number of carbonyl (C=O) groups excluding carboxylic acids is 1. The first-order chi connectivity index (χ1) is 12.0. The fourth-order valence-corrected chi connectivity index (χ4v) is 2.90. The lowest BCUT2D eigenvalue weighted by atomic mass is 9.97. The van der Waals surface area contributed by atoms with Gasteiger partial charge in [0.15, 0.2) is 0 Å². The van der Waals surface area contributed by atoms with Crippen molar-refractivity contribution in [3.63, 3.8) is 0 Å². The maximum Gasteiger partial charge on any atom is 0.319 e. The van der Waals surface area contributed by atoms with Gasteiger partial charge in [-0.1, -0.05) is 5.16 Å². The van der Waals surface area contributed by atoms with Crippen molar-refractivity contribution in [1.29, 1.82) is 0 Å². The molecule has 0 atom stereocenters. The standard InChI is InChI=1S/C17H24N6O2/c1-21(2)14-6-5-13(11-18-14)15-19-16(25-20-15)12-7-9-23(10-8-12)17(24)22(3)4/h5-6,11-12H,7-10H2,1-4H3. The third-order valence-corrected chi connectivity index (χ3v) is 4.40. The molecule has 8 nitrogen and oxygen atoms in total. The average molecular weight is 344 g/mol. The summed E-state index contributed by atoms with van der Waals surface area (Å²) >= 11 is 0. The van der Waals surface area contributed by atoms with Crippen LogP contribution in [0.2, 0.25) is 0 Å². The fraction of sp³-hybridized carbons (Fsp3) is 0.529. The molecule has 2 aromatic heterocycles. The monoisotopic (exact) mass is 344 g/mol. The van der Waals surface area contributed by atoms with E-state index >= 15 is 0 Å². The Kier molecular flexibility index (Phi) is 4.87. The van der Waals surface area contributed by atoms with Crippen molar-refractivity contribution in [2.75, 3.05) is 46.2 Å². The van der Waals surface area contributed by atoms with Crippen LogP contribution in [0.5, 0.6) is 0 Å². The van der Waals surface area contributed by atoms with E-state index in [0.717, 1.165) is 24.2 Å². The summed E-state index contributed by atoms with van der Waals surface area (Å²) < 4.78 is 5.47. The van der Waals surface area contributed by atoms with Crippen molar-refractivity contribution in [1.82, 2.24) is 24.9 Å². The van der Waals surface area contributed by atoms with Crippen LogP contribution in [-0.4, -0.2) is 72.2 Å². The molecular weight excluding hydrogens is 320 g/mol. The molecule has 0 bridgehead atoms. The number of rotatable bonds is 3. The summed E-state index contributed by atoms with van der Waals surface area (Å²) in [7, 11) is 7.44. The van der Waals surface area contributed by atoms with Gasteiger partial charge in [0, 0.05) is 59.0 Å². The van der Waals surface area contributed by atoms with E-state index in [4.69, 9.17) is 4.52 Å². The number of aromatic nitrogens is 3. The van der Waals surface area contributed by atoms with E-state index in [-0.39, 0.29) is 11.9 Å². The van der Waals surface area contributed by atoms with Crippen molar-refractivity contribution >= 4 is 11.8 Å². The lowest BCUT2D eigenvalue weighted by Crippen LogP contribution is -2.43. The van der Waals surface area contributed by atoms with Crippen LogP contribution in [0.1, 0.15) is 24.7 Å². The highest BCUT2D eigenvalue weighted by molar-refractivity contribution is 5.73. The quantitative estimate of drug-likeness (QED) is 0.848. The third kappa shape index (κ3) is 3.72. The number of amides is 2. The van der Waals surface area contributed by atoms with Gasteiger partial charge in [0.1, 0.15) is 5.82 Å². The molecule has 3 heterocycles. The molecule has 0 saturated carbocycles. The number of likely N-dealkylation sites (tertiary alicyclic amines) is 1. The summed E-state index contributed by atoms with van der Waals surface area (Å²) in [6.07, 6.45) is 3.42. The third-order valence-electron chi connectivity index (χ3n) is 4.40. The molecule has 1 saturated heterocycles. The Bertz CT molecular complexity index is 717. The Morgan fingerprint density at radius 3 is 2.48 bits per heavy atom. The lowest BCUT2D eigenvalue weighted by molar-refractivity contribution is 0.152. The molecular formula is C17H24N6O2. The molecule has 0 unspecified atom stereocenters. The summed E-state index contributed by atoms with van der Waals surface area (Å²) in [4.78, 5) is 26.3. The maximum absolute atomic E-state index is 12.0. The SMILES string of the molecule is CN(C)C(=O)N1CCC(c2nc(-c3ccc(N(C)C)nc3)no2)CC1. The van der Waals surface area contributed by atoms with E-state index in [1.807, 2.05) is 36.0 Å². The summed E-state index contributed by atoms with van der Waals surface area (Å²) in [6, 6.07) is 3.92. The first-order valence-corrected chi connectivity index (χ1v) is 8.39. The van der Waals surface area contributed by atoms with Crippen LogP contribution in [0.4, 0.5) is 10.6 Å². The second-order valence-corrected chi connectivity index (χ2v) is 6.69.